The topological polar surface area (TPSA) is 75.6 Å². The number of hydrogen-bond acceptors (Lipinski definition) is 5. The fraction of sp³-hybridized carbons (Fsp3) is 0.333. The molecule has 2 aliphatic rings. The number of ether oxygens (including phenoxy) is 1. The number of benzene rings is 1. The van der Waals surface area contributed by atoms with Crippen molar-refractivity contribution in [3.63, 3.8) is 0 Å². The van der Waals surface area contributed by atoms with Gasteiger partial charge in [0.15, 0.2) is 5.78 Å². The number of phenols is 1. The van der Waals surface area contributed by atoms with Crippen LogP contribution in [0.3, 0.4) is 0 Å². The van der Waals surface area contributed by atoms with Gasteiger partial charge in [0.1, 0.15) is 5.75 Å². The summed E-state index contributed by atoms with van der Waals surface area (Å²) in [6.45, 7) is 1.81. The number of Topliss-reactive ketones (excluding diaryl/α,β-unsaturated/α-hetero) is 1. The molecule has 0 saturated heterocycles. The van der Waals surface area contributed by atoms with Crippen molar-refractivity contribution in [2.24, 2.45) is 0 Å². The summed E-state index contributed by atoms with van der Waals surface area (Å²) in [7, 11) is 1.33. The van der Waals surface area contributed by atoms with Gasteiger partial charge in [-0.2, -0.15) is 0 Å². The molecule has 0 amide bonds. The molecule has 0 saturated carbocycles. The van der Waals surface area contributed by atoms with E-state index in [9.17, 15) is 14.7 Å². The minimum absolute atomic E-state index is 0.0426. The first-order chi connectivity index (χ1) is 11.0. The minimum atomic E-state index is -0.501. The van der Waals surface area contributed by atoms with Crippen LogP contribution in [0, 0.1) is 0 Å². The molecule has 5 nitrogen and oxygen atoms in total. The van der Waals surface area contributed by atoms with Gasteiger partial charge < -0.3 is 15.2 Å². The summed E-state index contributed by atoms with van der Waals surface area (Å²) in [5.74, 6) is -0.818. The highest BCUT2D eigenvalue weighted by atomic mass is 16.5. The van der Waals surface area contributed by atoms with Gasteiger partial charge in [0.2, 0.25) is 0 Å². The second-order valence-corrected chi connectivity index (χ2v) is 5.85. The maximum Gasteiger partial charge on any atom is 0.336 e. The summed E-state index contributed by atoms with van der Waals surface area (Å²) in [5, 5.41) is 13.0. The first kappa shape index (κ1) is 15.3. The molecule has 1 unspecified atom stereocenters. The van der Waals surface area contributed by atoms with Gasteiger partial charge in [-0.3, -0.25) is 4.79 Å². The lowest BCUT2D eigenvalue weighted by molar-refractivity contribution is -0.136. The molecule has 120 valence electrons. The standard InChI is InChI=1S/C18H19NO4/c1-10-15(18(22)23-2)16(11-5-3-6-12(20)9-11)17-13(19-10)7-4-8-14(17)21/h3,5-6,9,16,19-20H,4,7-8H2,1-2H3. The van der Waals surface area contributed by atoms with Crippen molar-refractivity contribution in [3.8, 4) is 5.75 Å². The quantitative estimate of drug-likeness (QED) is 0.821. The van der Waals surface area contributed by atoms with Crippen molar-refractivity contribution in [3.05, 3.63) is 52.4 Å². The maximum atomic E-state index is 12.5. The van der Waals surface area contributed by atoms with Crippen LogP contribution in [-0.2, 0) is 14.3 Å². The summed E-state index contributed by atoms with van der Waals surface area (Å²) in [4.78, 5) is 24.8. The van der Waals surface area contributed by atoms with Gasteiger partial charge in [-0.05, 0) is 37.5 Å². The number of nitrogens with one attached hydrogen (secondary N) is 1. The van der Waals surface area contributed by atoms with E-state index in [-0.39, 0.29) is 11.5 Å². The van der Waals surface area contributed by atoms with Gasteiger partial charge in [-0.1, -0.05) is 12.1 Å². The molecular formula is C18H19NO4. The predicted octanol–water partition coefficient (Wildman–Crippen LogP) is 2.53. The average Bonchev–Trinajstić information content (AvgIpc) is 2.53. The van der Waals surface area contributed by atoms with E-state index in [0.29, 0.717) is 28.8 Å². The van der Waals surface area contributed by atoms with Crippen LogP contribution in [0.15, 0.2) is 46.8 Å². The first-order valence-corrected chi connectivity index (χ1v) is 7.64. The van der Waals surface area contributed by atoms with E-state index < -0.39 is 11.9 Å². The Bertz CT molecular complexity index is 745. The Morgan fingerprint density at radius 1 is 1.35 bits per heavy atom. The summed E-state index contributed by atoms with van der Waals surface area (Å²) in [6.07, 6.45) is 2.06. The highest BCUT2D eigenvalue weighted by Gasteiger charge is 2.38. The van der Waals surface area contributed by atoms with E-state index in [1.165, 1.54) is 7.11 Å². The van der Waals surface area contributed by atoms with Crippen LogP contribution in [0.4, 0.5) is 0 Å². The summed E-state index contributed by atoms with van der Waals surface area (Å²) in [5.41, 5.74) is 3.33. The maximum absolute atomic E-state index is 12.5. The number of hydrogen-bond donors (Lipinski definition) is 2. The van der Waals surface area contributed by atoms with Crippen molar-refractivity contribution in [2.75, 3.05) is 7.11 Å². The molecule has 1 heterocycles. The van der Waals surface area contributed by atoms with Crippen molar-refractivity contribution < 1.29 is 19.4 Å². The van der Waals surface area contributed by atoms with Gasteiger partial charge in [-0.25, -0.2) is 4.79 Å². The van der Waals surface area contributed by atoms with Crippen LogP contribution >= 0.6 is 0 Å². The number of esters is 1. The fourth-order valence-electron chi connectivity index (χ4n) is 3.40. The summed E-state index contributed by atoms with van der Waals surface area (Å²) in [6, 6.07) is 6.69. The summed E-state index contributed by atoms with van der Waals surface area (Å²) < 4.78 is 4.92. The Morgan fingerprint density at radius 2 is 2.13 bits per heavy atom. The van der Waals surface area contributed by atoms with E-state index in [1.54, 1.807) is 18.2 Å². The number of aromatic hydroxyl groups is 1. The highest BCUT2D eigenvalue weighted by Crippen LogP contribution is 2.42. The molecule has 1 aromatic carbocycles. The Morgan fingerprint density at radius 3 is 2.83 bits per heavy atom. The molecule has 1 aromatic rings. The normalized spacial score (nSPS) is 21.0. The van der Waals surface area contributed by atoms with Gasteiger partial charge >= 0.3 is 5.97 Å². The number of phenolic OH excluding ortho intramolecular Hbond substituents is 1. The monoisotopic (exact) mass is 313 g/mol. The van der Waals surface area contributed by atoms with Gasteiger partial charge in [0.05, 0.1) is 12.7 Å². The molecule has 1 aliphatic heterocycles. The average molecular weight is 313 g/mol. The molecule has 23 heavy (non-hydrogen) atoms. The first-order valence-electron chi connectivity index (χ1n) is 7.64. The third-order valence-corrected chi connectivity index (χ3v) is 4.38. The molecule has 1 atom stereocenters. The number of rotatable bonds is 2. The molecule has 2 N–H and O–H groups in total. The number of dihydropyridines is 1. The van der Waals surface area contributed by atoms with Gasteiger partial charge in [0.25, 0.3) is 0 Å². The van der Waals surface area contributed by atoms with E-state index in [1.807, 2.05) is 13.0 Å². The Labute approximate surface area is 134 Å². The zero-order valence-electron chi connectivity index (χ0n) is 13.2. The largest absolute Gasteiger partial charge is 0.508 e. The van der Waals surface area contributed by atoms with E-state index in [0.717, 1.165) is 18.5 Å². The smallest absolute Gasteiger partial charge is 0.336 e. The molecular weight excluding hydrogens is 294 g/mol. The number of methoxy groups -OCH3 is 1. The molecule has 3 rings (SSSR count). The third-order valence-electron chi connectivity index (χ3n) is 4.38. The van der Waals surface area contributed by atoms with Crippen LogP contribution in [0.1, 0.15) is 37.7 Å². The Balaban J connectivity index is 2.20. The zero-order chi connectivity index (χ0) is 16.6. The highest BCUT2D eigenvalue weighted by molar-refractivity contribution is 6.03. The summed E-state index contributed by atoms with van der Waals surface area (Å²) >= 11 is 0. The van der Waals surface area contributed by atoms with Crippen molar-refractivity contribution in [2.45, 2.75) is 32.1 Å². The van der Waals surface area contributed by atoms with Gasteiger partial charge in [-0.15, -0.1) is 0 Å². The molecule has 0 aromatic heterocycles. The number of ketones is 1. The van der Waals surface area contributed by atoms with Crippen LogP contribution in [0.2, 0.25) is 0 Å². The van der Waals surface area contributed by atoms with E-state index >= 15 is 0 Å². The lowest BCUT2D eigenvalue weighted by Crippen LogP contribution is -2.34. The SMILES string of the molecule is COC(=O)C1=C(C)NC2=C(C(=O)CCC2)C1c1cccc(O)c1. The van der Waals surface area contributed by atoms with E-state index in [4.69, 9.17) is 4.74 Å². The Hall–Kier alpha value is -2.56. The molecule has 0 spiro atoms. The van der Waals surface area contributed by atoms with Crippen LogP contribution < -0.4 is 5.32 Å². The fourth-order valence-corrected chi connectivity index (χ4v) is 3.40. The zero-order valence-corrected chi connectivity index (χ0v) is 13.2. The molecule has 5 heteroatoms. The van der Waals surface area contributed by atoms with E-state index in [2.05, 4.69) is 5.32 Å². The molecule has 0 bridgehead atoms. The lowest BCUT2D eigenvalue weighted by Gasteiger charge is -2.34. The van der Waals surface area contributed by atoms with Crippen LogP contribution in [-0.4, -0.2) is 24.0 Å². The van der Waals surface area contributed by atoms with Crippen LogP contribution in [0.25, 0.3) is 0 Å². The number of carbonyl (C=O) groups is 2. The van der Waals surface area contributed by atoms with Crippen molar-refractivity contribution >= 4 is 11.8 Å². The molecule has 0 fully saturated rings. The Kier molecular flexibility index (Phi) is 3.94. The minimum Gasteiger partial charge on any atom is -0.508 e. The molecule has 1 aliphatic carbocycles. The van der Waals surface area contributed by atoms with Crippen molar-refractivity contribution in [1.82, 2.24) is 5.32 Å². The van der Waals surface area contributed by atoms with Gasteiger partial charge in [0, 0.05) is 29.3 Å². The second kappa shape index (κ2) is 5.91. The molecule has 0 radical (unpaired) electrons. The number of carbonyl (C=O) groups excluding carboxylic acids is 2. The third kappa shape index (κ3) is 2.63. The van der Waals surface area contributed by atoms with Crippen molar-refractivity contribution in [1.29, 1.82) is 0 Å². The second-order valence-electron chi connectivity index (χ2n) is 5.85. The predicted molar refractivity (Wildman–Crippen MR) is 84.6 cm³/mol. The van der Waals surface area contributed by atoms with Crippen LogP contribution in [0.5, 0.6) is 5.75 Å². The number of allylic oxidation sites excluding steroid dienone is 3. The lowest BCUT2D eigenvalue weighted by atomic mass is 9.75.